The monoisotopic (exact) mass is 887 g/mol. The van der Waals surface area contributed by atoms with Crippen LogP contribution < -0.4 is 31.1 Å². The summed E-state index contributed by atoms with van der Waals surface area (Å²) < 4.78 is 1.32. The van der Waals surface area contributed by atoms with Crippen molar-refractivity contribution in [2.45, 2.75) is 78.6 Å². The molecule has 0 fully saturated rings. The van der Waals surface area contributed by atoms with Crippen LogP contribution in [0, 0.1) is 0 Å². The van der Waals surface area contributed by atoms with Crippen molar-refractivity contribution < 1.29 is 0 Å². The van der Waals surface area contributed by atoms with Crippen LogP contribution in [0.2, 0.25) is 0 Å². The molecule has 9 aromatic rings. The maximum atomic E-state index is 2.60. The molecule has 8 aromatic carbocycles. The Labute approximate surface area is 402 Å². The Bertz CT molecular complexity index is 3260. The molecule has 0 unspecified atom stereocenters. The fourth-order valence-corrected chi connectivity index (χ4v) is 11.6. The number of hydrogen-bond acceptors (Lipinski definition) is 4. The second-order valence-electron chi connectivity index (χ2n) is 21.5. The zero-order valence-corrected chi connectivity index (χ0v) is 41.0. The van der Waals surface area contributed by atoms with Gasteiger partial charge in [0.05, 0.1) is 10.7 Å². The molecule has 0 N–H and O–H groups in total. The zero-order valence-electron chi connectivity index (χ0n) is 40.2. The summed E-state index contributed by atoms with van der Waals surface area (Å²) in [5.41, 5.74) is 19.8. The van der Waals surface area contributed by atoms with Crippen molar-refractivity contribution in [2.24, 2.45) is 0 Å². The minimum Gasteiger partial charge on any atom is -0.311 e. The molecule has 1 aromatic heterocycles. The first-order valence-electron chi connectivity index (χ1n) is 23.8. The van der Waals surface area contributed by atoms with Crippen LogP contribution in [0.1, 0.15) is 79.0 Å². The first kappa shape index (κ1) is 42.8. The summed E-state index contributed by atoms with van der Waals surface area (Å²) in [7, 11) is 0. The highest BCUT2D eigenvalue weighted by atomic mass is 32.1. The fourth-order valence-electron chi connectivity index (χ4n) is 10.3. The van der Waals surface area contributed by atoms with E-state index in [1.807, 2.05) is 11.3 Å². The van der Waals surface area contributed by atoms with E-state index in [4.69, 9.17) is 0 Å². The van der Waals surface area contributed by atoms with Crippen molar-refractivity contribution in [2.75, 3.05) is 14.7 Å². The van der Waals surface area contributed by atoms with Gasteiger partial charge in [-0.1, -0.05) is 178 Å². The van der Waals surface area contributed by atoms with E-state index in [2.05, 4.69) is 265 Å². The molecule has 67 heavy (non-hydrogen) atoms. The minimum atomic E-state index is -0.0130. The van der Waals surface area contributed by atoms with E-state index >= 15 is 0 Å². The molecule has 3 nitrogen and oxygen atoms in total. The van der Waals surface area contributed by atoms with Crippen molar-refractivity contribution in [1.29, 1.82) is 0 Å². The third kappa shape index (κ3) is 7.36. The number of rotatable bonds is 6. The Balaban J connectivity index is 1.20. The summed E-state index contributed by atoms with van der Waals surface area (Å²) >= 11 is 1.94. The smallest absolute Gasteiger partial charge is 0.254 e. The molecule has 0 radical (unpaired) electrons. The van der Waals surface area contributed by atoms with Gasteiger partial charge in [-0.2, -0.15) is 0 Å². The summed E-state index contributed by atoms with van der Waals surface area (Å²) in [6, 6.07) is 70.6. The number of para-hydroxylation sites is 3. The van der Waals surface area contributed by atoms with Crippen LogP contribution in [0.4, 0.5) is 50.5 Å². The predicted octanol–water partition coefficient (Wildman–Crippen LogP) is 16.0. The van der Waals surface area contributed by atoms with Crippen LogP contribution in [0.15, 0.2) is 188 Å². The highest BCUT2D eigenvalue weighted by Gasteiger charge is 2.46. The number of anilines is 9. The average molecular weight is 888 g/mol. The molecule has 2 aliphatic heterocycles. The molecule has 0 saturated heterocycles. The zero-order chi connectivity index (χ0) is 46.4. The normalized spacial score (nSPS) is 13.4. The summed E-state index contributed by atoms with van der Waals surface area (Å²) in [4.78, 5) is 7.54. The standard InChI is InChI=1S/C62H58BN3S/c1-60(2,3)42-29-27-41(28-30-42)49-23-16-17-24-52(49)66-54-26-18-25-53-58(54)63(57-50-37-33-44(62(7,8)9)39-56(50)67-59(57)66)51-38-36-48(64(45-19-12-10-13-20-45)46-21-14-11-15-22-46)40-55(51)65(53)47-34-31-43(32-35-47)61(4,5)6/h10-40H,1-9H3. The van der Waals surface area contributed by atoms with Crippen LogP contribution in [0.25, 0.3) is 21.2 Å². The van der Waals surface area contributed by atoms with Gasteiger partial charge >= 0.3 is 0 Å². The summed E-state index contributed by atoms with van der Waals surface area (Å²) in [5, 5.41) is 2.60. The maximum absolute atomic E-state index is 2.60. The number of nitrogens with zero attached hydrogens (tertiary/aromatic N) is 3. The van der Waals surface area contributed by atoms with E-state index in [1.54, 1.807) is 0 Å². The second-order valence-corrected chi connectivity index (χ2v) is 22.5. The molecule has 2 aliphatic rings. The van der Waals surface area contributed by atoms with E-state index in [-0.39, 0.29) is 23.0 Å². The van der Waals surface area contributed by atoms with E-state index in [1.165, 1.54) is 82.0 Å². The summed E-state index contributed by atoms with van der Waals surface area (Å²) in [6.45, 7) is 20.7. The Kier molecular flexibility index (Phi) is 10.2. The lowest BCUT2D eigenvalue weighted by Gasteiger charge is -2.43. The molecule has 0 spiro atoms. The third-order valence-electron chi connectivity index (χ3n) is 13.9. The molecule has 0 amide bonds. The van der Waals surface area contributed by atoms with Gasteiger partial charge in [0.1, 0.15) is 0 Å². The van der Waals surface area contributed by atoms with Gasteiger partial charge in [-0.3, -0.25) is 0 Å². The fraction of sp³-hybridized carbons (Fsp3) is 0.194. The van der Waals surface area contributed by atoms with Crippen molar-refractivity contribution in [3.05, 3.63) is 205 Å². The number of hydrogen-bond donors (Lipinski definition) is 0. The van der Waals surface area contributed by atoms with E-state index < -0.39 is 0 Å². The first-order valence-corrected chi connectivity index (χ1v) is 24.6. The molecule has 0 atom stereocenters. The van der Waals surface area contributed by atoms with Gasteiger partial charge in [-0.25, -0.2) is 0 Å². The van der Waals surface area contributed by atoms with Crippen molar-refractivity contribution >= 4 is 95.0 Å². The second kappa shape index (κ2) is 15.9. The molecule has 330 valence electrons. The van der Waals surface area contributed by atoms with Crippen molar-refractivity contribution in [3.8, 4) is 11.1 Å². The average Bonchev–Trinajstić information content (AvgIpc) is 3.70. The molecular formula is C62H58BN3S. The van der Waals surface area contributed by atoms with Gasteiger partial charge in [0.25, 0.3) is 6.71 Å². The number of thiophene rings is 1. The van der Waals surface area contributed by atoms with Crippen molar-refractivity contribution in [3.63, 3.8) is 0 Å². The highest BCUT2D eigenvalue weighted by Crippen LogP contribution is 2.51. The Hall–Kier alpha value is -6.82. The molecule has 11 rings (SSSR count). The molecule has 3 heterocycles. The topological polar surface area (TPSA) is 9.72 Å². The third-order valence-corrected chi connectivity index (χ3v) is 15.1. The van der Waals surface area contributed by atoms with Crippen molar-refractivity contribution in [1.82, 2.24) is 0 Å². The minimum absolute atomic E-state index is 0.0130. The Morgan fingerprint density at radius 3 is 1.57 bits per heavy atom. The van der Waals surface area contributed by atoms with Crippen LogP contribution in [-0.2, 0) is 16.2 Å². The van der Waals surface area contributed by atoms with Crippen LogP contribution >= 0.6 is 11.3 Å². The SMILES string of the molecule is CC(C)(C)c1ccc(-c2ccccc2N2c3cccc4c3B(c3ccc(N(c5ccccc5)c5ccccc5)cc3N4c3ccc(C(C)(C)C)cc3)c3c2sc2cc(C(C)(C)C)ccc32)cc1. The molecule has 0 bridgehead atoms. The lowest BCUT2D eigenvalue weighted by molar-refractivity contribution is 0.590. The van der Waals surface area contributed by atoms with Gasteiger partial charge in [0, 0.05) is 50.1 Å². The van der Waals surface area contributed by atoms with E-state index in [0.29, 0.717) is 0 Å². The van der Waals surface area contributed by atoms with Crippen LogP contribution in [0.3, 0.4) is 0 Å². The molecule has 0 aliphatic carbocycles. The van der Waals surface area contributed by atoms with Crippen LogP contribution in [-0.4, -0.2) is 6.71 Å². The maximum Gasteiger partial charge on any atom is 0.254 e. The Morgan fingerprint density at radius 2 is 0.955 bits per heavy atom. The summed E-state index contributed by atoms with van der Waals surface area (Å²) in [6.07, 6.45) is 0. The molecule has 0 saturated carbocycles. The summed E-state index contributed by atoms with van der Waals surface area (Å²) in [5.74, 6) is 0. The lowest BCUT2D eigenvalue weighted by atomic mass is 9.33. The largest absolute Gasteiger partial charge is 0.311 e. The predicted molar refractivity (Wildman–Crippen MR) is 292 cm³/mol. The Morgan fingerprint density at radius 1 is 0.418 bits per heavy atom. The van der Waals surface area contributed by atoms with Gasteiger partial charge in [-0.05, 0) is 133 Å². The van der Waals surface area contributed by atoms with Gasteiger partial charge in [0.2, 0.25) is 0 Å². The van der Waals surface area contributed by atoms with Crippen LogP contribution in [0.5, 0.6) is 0 Å². The lowest BCUT2D eigenvalue weighted by Crippen LogP contribution is -2.61. The van der Waals surface area contributed by atoms with E-state index in [9.17, 15) is 0 Å². The van der Waals surface area contributed by atoms with Gasteiger partial charge in [0.15, 0.2) is 0 Å². The first-order chi connectivity index (χ1) is 32.1. The van der Waals surface area contributed by atoms with Gasteiger partial charge in [-0.15, -0.1) is 11.3 Å². The highest BCUT2D eigenvalue weighted by molar-refractivity contribution is 7.26. The molecular weight excluding hydrogens is 830 g/mol. The van der Waals surface area contributed by atoms with Gasteiger partial charge < -0.3 is 14.7 Å². The van der Waals surface area contributed by atoms with E-state index in [0.717, 1.165) is 22.7 Å². The quantitative estimate of drug-likeness (QED) is 0.154. The molecule has 5 heteroatoms. The number of fused-ring (bicyclic) bond motifs is 6. The number of benzene rings is 8.